The molecule has 0 aliphatic carbocycles. The zero-order valence-electron chi connectivity index (χ0n) is 7.62. The van der Waals surface area contributed by atoms with E-state index in [9.17, 15) is 18.0 Å². The first kappa shape index (κ1) is 11.5. The Labute approximate surface area is 70.0 Å². The molecule has 0 aliphatic rings. The van der Waals surface area contributed by atoms with Crippen LogP contribution < -0.4 is 0 Å². The fourth-order valence-electron chi connectivity index (χ4n) is 0.627. The molecule has 0 spiro atoms. The van der Waals surface area contributed by atoms with Crippen LogP contribution in [0.5, 0.6) is 0 Å². The van der Waals surface area contributed by atoms with E-state index in [4.69, 9.17) is 0 Å². The van der Waals surface area contributed by atoms with Crippen molar-refractivity contribution in [1.82, 2.24) is 0 Å². The van der Waals surface area contributed by atoms with Crippen LogP contribution in [0.25, 0.3) is 0 Å². The van der Waals surface area contributed by atoms with E-state index in [0.29, 0.717) is 0 Å². The van der Waals surface area contributed by atoms with E-state index in [1.54, 1.807) is 13.8 Å². The summed E-state index contributed by atoms with van der Waals surface area (Å²) in [7, 11) is 0. The van der Waals surface area contributed by atoms with Gasteiger partial charge in [-0.15, -0.1) is 0 Å². The van der Waals surface area contributed by atoms with Crippen LogP contribution in [-0.4, -0.2) is 12.0 Å². The lowest BCUT2D eigenvalue weighted by Crippen LogP contribution is -2.40. The minimum absolute atomic E-state index is 0.313. The third-order valence-electron chi connectivity index (χ3n) is 2.29. The average Bonchev–Trinajstić information content (AvgIpc) is 1.83. The quantitative estimate of drug-likeness (QED) is 0.641. The molecule has 0 aromatic carbocycles. The number of carbonyl (C=O) groups is 1. The minimum Gasteiger partial charge on any atom is -0.289 e. The summed E-state index contributed by atoms with van der Waals surface area (Å²) in [4.78, 5) is 10.8. The van der Waals surface area contributed by atoms with Gasteiger partial charge in [-0.2, -0.15) is 13.2 Å². The highest BCUT2D eigenvalue weighted by molar-refractivity contribution is 5.89. The Morgan fingerprint density at radius 1 is 1.17 bits per heavy atom. The molecule has 0 bridgehead atoms. The molecule has 0 saturated carbocycles. The lowest BCUT2D eigenvalue weighted by molar-refractivity contribution is -0.182. The van der Waals surface area contributed by atoms with E-state index in [1.165, 1.54) is 13.8 Å². The standard InChI is InChI=1S/C8H13F3O/c1-5(2)7(3,4)6(12)8(9,10)11/h5H,1-4H3. The molecule has 0 rings (SSSR count). The van der Waals surface area contributed by atoms with Crippen LogP contribution >= 0.6 is 0 Å². The Kier molecular flexibility index (Phi) is 2.93. The van der Waals surface area contributed by atoms with Gasteiger partial charge in [-0.05, 0) is 5.92 Å². The maximum absolute atomic E-state index is 12.0. The summed E-state index contributed by atoms with van der Waals surface area (Å²) in [6.45, 7) is 5.83. The monoisotopic (exact) mass is 182 g/mol. The molecule has 0 heterocycles. The topological polar surface area (TPSA) is 17.1 Å². The third-order valence-corrected chi connectivity index (χ3v) is 2.29. The summed E-state index contributed by atoms with van der Waals surface area (Å²) < 4.78 is 35.9. The van der Waals surface area contributed by atoms with Crippen molar-refractivity contribution in [2.45, 2.75) is 33.9 Å². The van der Waals surface area contributed by atoms with E-state index < -0.39 is 17.4 Å². The van der Waals surface area contributed by atoms with Gasteiger partial charge in [0.2, 0.25) is 5.78 Å². The number of rotatable bonds is 2. The van der Waals surface area contributed by atoms with Gasteiger partial charge in [0.05, 0.1) is 0 Å². The summed E-state index contributed by atoms with van der Waals surface area (Å²) in [6, 6.07) is 0. The first-order valence-corrected chi connectivity index (χ1v) is 3.71. The molecule has 0 unspecified atom stereocenters. The van der Waals surface area contributed by atoms with Crippen molar-refractivity contribution < 1.29 is 18.0 Å². The Morgan fingerprint density at radius 3 is 1.58 bits per heavy atom. The average molecular weight is 182 g/mol. The van der Waals surface area contributed by atoms with Crippen molar-refractivity contribution in [2.75, 3.05) is 0 Å². The molecule has 0 aromatic heterocycles. The molecule has 0 N–H and O–H groups in total. The maximum atomic E-state index is 12.0. The number of carbonyl (C=O) groups excluding carboxylic acids is 1. The van der Waals surface area contributed by atoms with Crippen LogP contribution in [0, 0.1) is 11.3 Å². The van der Waals surface area contributed by atoms with Crippen molar-refractivity contribution in [3.8, 4) is 0 Å². The van der Waals surface area contributed by atoms with Gasteiger partial charge < -0.3 is 0 Å². The number of halogens is 3. The Morgan fingerprint density at radius 2 is 1.50 bits per heavy atom. The molecule has 0 aliphatic heterocycles. The fraction of sp³-hybridized carbons (Fsp3) is 0.875. The highest BCUT2D eigenvalue weighted by Gasteiger charge is 2.48. The molecule has 4 heteroatoms. The lowest BCUT2D eigenvalue weighted by Gasteiger charge is -2.28. The maximum Gasteiger partial charge on any atom is 0.450 e. The summed E-state index contributed by atoms with van der Waals surface area (Å²) in [5.41, 5.74) is -1.32. The van der Waals surface area contributed by atoms with E-state index in [1.807, 2.05) is 0 Å². The number of alkyl halides is 3. The fourth-order valence-corrected chi connectivity index (χ4v) is 0.627. The molecular formula is C8H13F3O. The van der Waals surface area contributed by atoms with Gasteiger partial charge in [0.25, 0.3) is 0 Å². The van der Waals surface area contributed by atoms with E-state index >= 15 is 0 Å². The second-order valence-electron chi connectivity index (χ2n) is 3.70. The lowest BCUT2D eigenvalue weighted by atomic mass is 9.77. The first-order valence-electron chi connectivity index (χ1n) is 3.71. The molecule has 0 fully saturated rings. The molecule has 0 radical (unpaired) electrons. The van der Waals surface area contributed by atoms with Crippen molar-refractivity contribution in [3.63, 3.8) is 0 Å². The Bertz CT molecular complexity index is 179. The molecule has 0 aromatic rings. The molecule has 0 amide bonds. The van der Waals surface area contributed by atoms with Crippen LogP contribution in [0.15, 0.2) is 0 Å². The number of Topliss-reactive ketones (excluding diaryl/α,β-unsaturated/α-hetero) is 1. The molecule has 0 atom stereocenters. The molecule has 0 saturated heterocycles. The van der Waals surface area contributed by atoms with Crippen LogP contribution in [0.3, 0.4) is 0 Å². The van der Waals surface area contributed by atoms with E-state index in [0.717, 1.165) is 0 Å². The van der Waals surface area contributed by atoms with Gasteiger partial charge >= 0.3 is 6.18 Å². The Hall–Kier alpha value is -0.540. The second-order valence-corrected chi connectivity index (χ2v) is 3.70. The second kappa shape index (κ2) is 3.07. The summed E-state index contributed by atoms with van der Waals surface area (Å²) in [5, 5.41) is 0. The van der Waals surface area contributed by atoms with Gasteiger partial charge in [0.15, 0.2) is 0 Å². The van der Waals surface area contributed by atoms with Gasteiger partial charge in [0.1, 0.15) is 0 Å². The highest BCUT2D eigenvalue weighted by Crippen LogP contribution is 2.34. The predicted octanol–water partition coefficient (Wildman–Crippen LogP) is 2.80. The summed E-state index contributed by atoms with van der Waals surface area (Å²) in [6.07, 6.45) is -4.71. The van der Waals surface area contributed by atoms with Crippen molar-refractivity contribution in [1.29, 1.82) is 0 Å². The number of hydrogen-bond donors (Lipinski definition) is 0. The summed E-state index contributed by atoms with van der Waals surface area (Å²) >= 11 is 0. The largest absolute Gasteiger partial charge is 0.450 e. The zero-order valence-corrected chi connectivity index (χ0v) is 7.62. The molecular weight excluding hydrogens is 169 g/mol. The molecule has 72 valence electrons. The SMILES string of the molecule is CC(C)C(C)(C)C(=O)C(F)(F)F. The van der Waals surface area contributed by atoms with Gasteiger partial charge in [-0.1, -0.05) is 27.7 Å². The van der Waals surface area contributed by atoms with Crippen molar-refractivity contribution >= 4 is 5.78 Å². The van der Waals surface area contributed by atoms with Crippen LogP contribution in [0.1, 0.15) is 27.7 Å². The third kappa shape index (κ3) is 2.22. The van der Waals surface area contributed by atoms with E-state index in [2.05, 4.69) is 0 Å². The molecule has 12 heavy (non-hydrogen) atoms. The first-order chi connectivity index (χ1) is 5.10. The van der Waals surface area contributed by atoms with Crippen molar-refractivity contribution in [2.24, 2.45) is 11.3 Å². The van der Waals surface area contributed by atoms with Crippen molar-refractivity contribution in [3.05, 3.63) is 0 Å². The minimum atomic E-state index is -4.71. The highest BCUT2D eigenvalue weighted by atomic mass is 19.4. The van der Waals surface area contributed by atoms with E-state index in [-0.39, 0.29) is 5.92 Å². The zero-order chi connectivity index (χ0) is 10.2. The number of hydrogen-bond acceptors (Lipinski definition) is 1. The molecule has 1 nitrogen and oxygen atoms in total. The summed E-state index contributed by atoms with van der Waals surface area (Å²) in [5.74, 6) is -1.96. The van der Waals surface area contributed by atoms with Gasteiger partial charge in [-0.3, -0.25) is 4.79 Å². The smallest absolute Gasteiger partial charge is 0.289 e. The van der Waals surface area contributed by atoms with Gasteiger partial charge in [-0.25, -0.2) is 0 Å². The van der Waals surface area contributed by atoms with Crippen LogP contribution in [-0.2, 0) is 4.79 Å². The van der Waals surface area contributed by atoms with Gasteiger partial charge in [0, 0.05) is 5.41 Å². The Balaban J connectivity index is 4.70. The predicted molar refractivity (Wildman–Crippen MR) is 39.7 cm³/mol. The number of ketones is 1. The normalized spacial score (nSPS) is 13.7. The van der Waals surface area contributed by atoms with Crippen LogP contribution in [0.4, 0.5) is 13.2 Å². The van der Waals surface area contributed by atoms with Crippen LogP contribution in [0.2, 0.25) is 0 Å².